The molecular formula is C17H18O7. The molecule has 0 fully saturated rings. The number of aliphatic hydroxyl groups is 1. The maximum atomic E-state index is 12.1. The van der Waals surface area contributed by atoms with E-state index in [1.165, 1.54) is 19.9 Å². The van der Waals surface area contributed by atoms with Crippen molar-refractivity contribution in [3.8, 4) is 0 Å². The van der Waals surface area contributed by atoms with Crippen LogP contribution in [0.4, 0.5) is 0 Å². The van der Waals surface area contributed by atoms with E-state index < -0.39 is 35.9 Å². The Bertz CT molecular complexity index is 727. The molecule has 7 heteroatoms. The Kier molecular flexibility index (Phi) is 3.83. The van der Waals surface area contributed by atoms with Crippen LogP contribution in [0.25, 0.3) is 0 Å². The summed E-state index contributed by atoms with van der Waals surface area (Å²) >= 11 is 0. The summed E-state index contributed by atoms with van der Waals surface area (Å²) in [7, 11) is 0. The second-order valence-corrected chi connectivity index (χ2v) is 6.15. The van der Waals surface area contributed by atoms with Gasteiger partial charge in [-0.1, -0.05) is 0 Å². The van der Waals surface area contributed by atoms with Crippen molar-refractivity contribution >= 4 is 17.9 Å². The Hall–Kier alpha value is -2.41. The van der Waals surface area contributed by atoms with E-state index in [2.05, 4.69) is 0 Å². The van der Waals surface area contributed by atoms with Gasteiger partial charge in [0.25, 0.3) is 0 Å². The molecule has 2 heterocycles. The number of ether oxygens (including phenoxy) is 3. The summed E-state index contributed by atoms with van der Waals surface area (Å²) in [6.07, 6.45) is 1.93. The van der Waals surface area contributed by atoms with Crippen LogP contribution in [-0.4, -0.2) is 41.0 Å². The zero-order valence-electron chi connectivity index (χ0n) is 13.6. The van der Waals surface area contributed by atoms with Gasteiger partial charge in [0.2, 0.25) is 0 Å². The lowest BCUT2D eigenvalue weighted by atomic mass is 9.91. The predicted octanol–water partition coefficient (Wildman–Crippen LogP) is 1.07. The lowest BCUT2D eigenvalue weighted by Crippen LogP contribution is -2.40. The van der Waals surface area contributed by atoms with Crippen LogP contribution in [-0.2, 0) is 28.6 Å². The number of aliphatic hydroxyl groups excluding tert-OH is 1. The molecule has 3 atom stereocenters. The highest BCUT2D eigenvalue weighted by Gasteiger charge is 2.53. The summed E-state index contributed by atoms with van der Waals surface area (Å²) in [6, 6.07) is 0. The van der Waals surface area contributed by atoms with Crippen LogP contribution >= 0.6 is 0 Å². The number of hydrogen-bond acceptors (Lipinski definition) is 7. The summed E-state index contributed by atoms with van der Waals surface area (Å²) in [6.45, 7) is 4.36. The Morgan fingerprint density at radius 3 is 2.71 bits per heavy atom. The highest BCUT2D eigenvalue weighted by molar-refractivity contribution is 5.96. The third-order valence-electron chi connectivity index (χ3n) is 4.39. The van der Waals surface area contributed by atoms with Gasteiger partial charge in [0, 0.05) is 24.1 Å². The fraction of sp³-hybridized carbons (Fsp3) is 0.471. The summed E-state index contributed by atoms with van der Waals surface area (Å²) in [5.41, 5.74) is 1.36. The van der Waals surface area contributed by atoms with Gasteiger partial charge in [-0.25, -0.2) is 9.59 Å². The van der Waals surface area contributed by atoms with E-state index in [1.807, 2.05) is 0 Å². The summed E-state index contributed by atoms with van der Waals surface area (Å²) in [4.78, 5) is 35.8. The maximum Gasteiger partial charge on any atom is 0.337 e. The largest absolute Gasteiger partial charge is 0.450 e. The quantitative estimate of drug-likeness (QED) is 0.565. The Balaban J connectivity index is 2.21. The number of carbonyl (C=O) groups is 3. The van der Waals surface area contributed by atoms with Crippen molar-refractivity contribution in [2.45, 2.75) is 51.6 Å². The average molecular weight is 334 g/mol. The zero-order chi connectivity index (χ0) is 17.6. The summed E-state index contributed by atoms with van der Waals surface area (Å²) in [5.74, 6) is -3.66. The van der Waals surface area contributed by atoms with Crippen LogP contribution in [0.15, 0.2) is 34.4 Å². The molecule has 7 nitrogen and oxygen atoms in total. The van der Waals surface area contributed by atoms with Crippen LogP contribution in [0, 0.1) is 0 Å². The second-order valence-electron chi connectivity index (χ2n) is 6.15. The monoisotopic (exact) mass is 334 g/mol. The van der Waals surface area contributed by atoms with Crippen molar-refractivity contribution in [3.63, 3.8) is 0 Å². The third-order valence-corrected chi connectivity index (χ3v) is 4.39. The van der Waals surface area contributed by atoms with Gasteiger partial charge in [0.05, 0.1) is 11.7 Å². The van der Waals surface area contributed by atoms with E-state index in [1.54, 1.807) is 13.0 Å². The molecule has 24 heavy (non-hydrogen) atoms. The lowest BCUT2D eigenvalue weighted by Gasteiger charge is -2.30. The fourth-order valence-electron chi connectivity index (χ4n) is 3.20. The van der Waals surface area contributed by atoms with E-state index in [-0.39, 0.29) is 11.1 Å². The predicted molar refractivity (Wildman–Crippen MR) is 80.2 cm³/mol. The van der Waals surface area contributed by atoms with Crippen molar-refractivity contribution in [3.05, 3.63) is 34.4 Å². The van der Waals surface area contributed by atoms with E-state index in [9.17, 15) is 19.5 Å². The first-order chi connectivity index (χ1) is 11.2. The lowest BCUT2D eigenvalue weighted by molar-refractivity contribution is -0.193. The second kappa shape index (κ2) is 5.59. The van der Waals surface area contributed by atoms with Gasteiger partial charge in [-0.15, -0.1) is 0 Å². The molecule has 2 bridgehead atoms. The molecule has 0 saturated carbocycles. The molecule has 3 rings (SSSR count). The smallest absolute Gasteiger partial charge is 0.337 e. The SMILES string of the molecule is CC(=O)OC12C=C(C)C(O)CCC3=CC(OC3=O)C1=C(C)C(=O)O2. The van der Waals surface area contributed by atoms with Crippen molar-refractivity contribution < 1.29 is 33.7 Å². The molecule has 1 N–H and O–H groups in total. The van der Waals surface area contributed by atoms with Crippen LogP contribution < -0.4 is 0 Å². The molecule has 0 aromatic rings. The van der Waals surface area contributed by atoms with Crippen LogP contribution in [0.1, 0.15) is 33.6 Å². The maximum absolute atomic E-state index is 12.1. The molecule has 0 spiro atoms. The van der Waals surface area contributed by atoms with Gasteiger partial charge >= 0.3 is 23.7 Å². The number of fused-ring (bicyclic) bond motifs is 3. The first kappa shape index (κ1) is 16.4. The van der Waals surface area contributed by atoms with E-state index in [0.717, 1.165) is 0 Å². The van der Waals surface area contributed by atoms with Crippen LogP contribution in [0.3, 0.4) is 0 Å². The van der Waals surface area contributed by atoms with Gasteiger partial charge in [-0.2, -0.15) is 0 Å². The molecule has 128 valence electrons. The van der Waals surface area contributed by atoms with E-state index >= 15 is 0 Å². The van der Waals surface area contributed by atoms with E-state index in [4.69, 9.17) is 14.2 Å². The van der Waals surface area contributed by atoms with Crippen molar-refractivity contribution in [1.82, 2.24) is 0 Å². The van der Waals surface area contributed by atoms with Gasteiger partial charge in [0.1, 0.15) is 0 Å². The Morgan fingerprint density at radius 1 is 1.33 bits per heavy atom. The Labute approximate surface area is 138 Å². The fourth-order valence-corrected chi connectivity index (χ4v) is 3.20. The van der Waals surface area contributed by atoms with Gasteiger partial charge in [-0.3, -0.25) is 4.79 Å². The summed E-state index contributed by atoms with van der Waals surface area (Å²) in [5, 5.41) is 10.3. The summed E-state index contributed by atoms with van der Waals surface area (Å²) < 4.78 is 16.0. The molecule has 0 aromatic carbocycles. The number of esters is 3. The molecule has 0 amide bonds. The molecular weight excluding hydrogens is 316 g/mol. The highest BCUT2D eigenvalue weighted by Crippen LogP contribution is 2.42. The molecule has 0 radical (unpaired) electrons. The molecule has 2 aliphatic heterocycles. The highest BCUT2D eigenvalue weighted by atomic mass is 16.7. The number of rotatable bonds is 1. The van der Waals surface area contributed by atoms with Crippen molar-refractivity contribution in [1.29, 1.82) is 0 Å². The minimum absolute atomic E-state index is 0.214. The minimum atomic E-state index is -1.81. The van der Waals surface area contributed by atoms with Crippen molar-refractivity contribution in [2.75, 3.05) is 0 Å². The molecule has 1 aliphatic carbocycles. The van der Waals surface area contributed by atoms with Gasteiger partial charge in [0.15, 0.2) is 6.10 Å². The van der Waals surface area contributed by atoms with Crippen LogP contribution in [0.2, 0.25) is 0 Å². The first-order valence-corrected chi connectivity index (χ1v) is 7.67. The normalized spacial score (nSPS) is 32.5. The topological polar surface area (TPSA) is 99.1 Å². The third kappa shape index (κ3) is 2.54. The molecule has 3 aliphatic rings. The molecule has 0 aromatic heterocycles. The zero-order valence-corrected chi connectivity index (χ0v) is 13.6. The van der Waals surface area contributed by atoms with Gasteiger partial charge < -0.3 is 19.3 Å². The van der Waals surface area contributed by atoms with E-state index in [0.29, 0.717) is 24.0 Å². The number of hydrogen-bond donors (Lipinski definition) is 1. The Morgan fingerprint density at radius 2 is 2.04 bits per heavy atom. The first-order valence-electron chi connectivity index (χ1n) is 7.67. The van der Waals surface area contributed by atoms with Gasteiger partial charge in [-0.05, 0) is 38.3 Å². The standard InChI is InChI=1S/C17H18O7/c1-8-7-17(23-10(3)18)14(9(2)15(20)24-17)13-6-11(16(21)22-13)4-5-12(8)19/h6-7,12-13,19H,4-5H2,1-3H3. The van der Waals surface area contributed by atoms with Crippen molar-refractivity contribution in [2.24, 2.45) is 0 Å². The molecule has 0 saturated heterocycles. The minimum Gasteiger partial charge on any atom is -0.450 e. The number of carbonyl (C=O) groups excluding carboxylic acids is 3. The average Bonchev–Trinajstić information content (AvgIpc) is 2.93. The molecule has 3 unspecified atom stereocenters. The van der Waals surface area contributed by atoms with Crippen LogP contribution in [0.5, 0.6) is 0 Å².